The lowest BCUT2D eigenvalue weighted by Crippen LogP contribution is -2.16. The molecule has 0 saturated carbocycles. The fraction of sp³-hybridized carbons (Fsp3) is 0.0833. The second-order valence-electron chi connectivity index (χ2n) is 3.55. The van der Waals surface area contributed by atoms with Gasteiger partial charge in [-0.2, -0.15) is 15.6 Å². The number of ketones is 1. The molecule has 0 aromatic heterocycles. The smallest absolute Gasteiger partial charge is 0.377 e. The number of anilines is 1. The van der Waals surface area contributed by atoms with Gasteiger partial charge in [0.25, 0.3) is 5.78 Å². The Morgan fingerprint density at radius 3 is 2.45 bits per heavy atom. The van der Waals surface area contributed by atoms with E-state index in [4.69, 9.17) is 15.6 Å². The standard InChI is InChI=1S/C12H7BrN4O3/c1-6-2-3-8(17-16-7(4-14)5-15)9(10(6)13)11(18)12(19)20/h2-3,17H,1H3,(H,19,20). The fourth-order valence-corrected chi connectivity index (χ4v) is 1.82. The van der Waals surface area contributed by atoms with Crippen molar-refractivity contribution in [2.45, 2.75) is 6.92 Å². The number of carboxylic acid groups (broad SMARTS) is 1. The molecule has 0 fully saturated rings. The summed E-state index contributed by atoms with van der Waals surface area (Å²) in [6, 6.07) is 6.13. The summed E-state index contributed by atoms with van der Waals surface area (Å²) in [5, 5.41) is 29.4. The third-order valence-corrected chi connectivity index (χ3v) is 3.28. The molecule has 0 unspecified atom stereocenters. The number of nitrogens with one attached hydrogen (secondary N) is 1. The van der Waals surface area contributed by atoms with E-state index in [-0.39, 0.29) is 11.3 Å². The highest BCUT2D eigenvalue weighted by molar-refractivity contribution is 9.10. The second-order valence-corrected chi connectivity index (χ2v) is 4.34. The van der Waals surface area contributed by atoms with Crippen molar-refractivity contribution in [3.63, 3.8) is 0 Å². The lowest BCUT2D eigenvalue weighted by atomic mass is 10.1. The first-order valence-corrected chi connectivity index (χ1v) is 5.92. The van der Waals surface area contributed by atoms with Crippen LogP contribution in [0.4, 0.5) is 5.69 Å². The average molecular weight is 335 g/mol. The molecule has 0 bridgehead atoms. The van der Waals surface area contributed by atoms with Crippen LogP contribution in [0.5, 0.6) is 0 Å². The molecule has 0 saturated heterocycles. The number of nitrogens with zero attached hydrogens (tertiary/aromatic N) is 3. The van der Waals surface area contributed by atoms with E-state index in [0.29, 0.717) is 10.0 Å². The van der Waals surface area contributed by atoms with Gasteiger partial charge in [-0.25, -0.2) is 4.79 Å². The number of aliphatic carboxylic acids is 1. The molecular formula is C12H7BrN4O3. The summed E-state index contributed by atoms with van der Waals surface area (Å²) in [5.41, 5.74) is 2.51. The van der Waals surface area contributed by atoms with Gasteiger partial charge in [0.2, 0.25) is 5.71 Å². The van der Waals surface area contributed by atoms with Crippen molar-refractivity contribution in [2.75, 3.05) is 5.43 Å². The number of benzene rings is 1. The Morgan fingerprint density at radius 2 is 1.95 bits per heavy atom. The molecular weight excluding hydrogens is 328 g/mol. The van der Waals surface area contributed by atoms with Crippen LogP contribution in [-0.2, 0) is 4.79 Å². The van der Waals surface area contributed by atoms with E-state index in [0.717, 1.165) is 0 Å². The molecule has 0 amide bonds. The molecule has 0 spiro atoms. The number of halogens is 1. The van der Waals surface area contributed by atoms with E-state index in [1.807, 2.05) is 0 Å². The number of carboxylic acids is 1. The fourth-order valence-electron chi connectivity index (χ4n) is 1.29. The first kappa shape index (κ1) is 15.3. The number of carbonyl (C=O) groups excluding carboxylic acids is 1. The zero-order valence-electron chi connectivity index (χ0n) is 10.1. The Labute approximate surface area is 122 Å². The molecule has 0 aliphatic rings. The molecule has 20 heavy (non-hydrogen) atoms. The van der Waals surface area contributed by atoms with Crippen LogP contribution in [0.1, 0.15) is 15.9 Å². The number of hydrogen-bond donors (Lipinski definition) is 2. The van der Waals surface area contributed by atoms with Crippen molar-refractivity contribution in [3.05, 3.63) is 27.7 Å². The lowest BCUT2D eigenvalue weighted by Gasteiger charge is -2.10. The first-order valence-electron chi connectivity index (χ1n) is 5.13. The predicted octanol–water partition coefficient (Wildman–Crippen LogP) is 1.84. The van der Waals surface area contributed by atoms with Gasteiger partial charge < -0.3 is 5.11 Å². The number of hydrazone groups is 1. The van der Waals surface area contributed by atoms with Crippen LogP contribution in [-0.4, -0.2) is 22.6 Å². The third-order valence-electron chi connectivity index (χ3n) is 2.26. The first-order chi connectivity index (χ1) is 9.42. The minimum atomic E-state index is -1.62. The molecule has 100 valence electrons. The minimum absolute atomic E-state index is 0.0814. The van der Waals surface area contributed by atoms with Crippen molar-refractivity contribution >= 4 is 39.1 Å². The normalized spacial score (nSPS) is 9.00. The van der Waals surface area contributed by atoms with Gasteiger partial charge in [0.1, 0.15) is 12.1 Å². The Bertz CT molecular complexity index is 682. The van der Waals surface area contributed by atoms with Crippen LogP contribution in [0, 0.1) is 29.6 Å². The summed E-state index contributed by atoms with van der Waals surface area (Å²) >= 11 is 3.14. The van der Waals surface area contributed by atoms with E-state index in [1.54, 1.807) is 13.0 Å². The highest BCUT2D eigenvalue weighted by atomic mass is 79.9. The quantitative estimate of drug-likeness (QED) is 0.374. The molecule has 2 N–H and O–H groups in total. The average Bonchev–Trinajstić information content (AvgIpc) is 2.43. The van der Waals surface area contributed by atoms with Crippen LogP contribution in [0.2, 0.25) is 0 Å². The Morgan fingerprint density at radius 1 is 1.35 bits per heavy atom. The molecule has 0 aliphatic carbocycles. The van der Waals surface area contributed by atoms with Crippen molar-refractivity contribution in [2.24, 2.45) is 5.10 Å². The minimum Gasteiger partial charge on any atom is -0.475 e. The summed E-state index contributed by atoms with van der Waals surface area (Å²) in [5.74, 6) is -2.75. The maximum Gasteiger partial charge on any atom is 0.377 e. The maximum absolute atomic E-state index is 11.7. The van der Waals surface area contributed by atoms with Gasteiger partial charge in [0, 0.05) is 4.47 Å². The van der Waals surface area contributed by atoms with E-state index in [9.17, 15) is 9.59 Å². The number of nitriles is 2. The molecule has 7 nitrogen and oxygen atoms in total. The lowest BCUT2D eigenvalue weighted by molar-refractivity contribution is -0.131. The Hall–Kier alpha value is -2.71. The molecule has 0 heterocycles. The number of rotatable bonds is 4. The monoisotopic (exact) mass is 334 g/mol. The molecule has 1 aromatic carbocycles. The summed E-state index contributed by atoms with van der Waals surface area (Å²) < 4.78 is 0.306. The SMILES string of the molecule is Cc1ccc(NN=C(C#N)C#N)c(C(=O)C(=O)O)c1Br. The third kappa shape index (κ3) is 3.19. The highest BCUT2D eigenvalue weighted by Crippen LogP contribution is 2.29. The molecule has 1 aromatic rings. The number of Topliss-reactive ketones (excluding diaryl/α,β-unsaturated/α-hetero) is 1. The van der Waals surface area contributed by atoms with Crippen LogP contribution in [0.25, 0.3) is 0 Å². The van der Waals surface area contributed by atoms with Crippen molar-refractivity contribution in [1.29, 1.82) is 10.5 Å². The van der Waals surface area contributed by atoms with Gasteiger partial charge in [0.05, 0.1) is 11.3 Å². The predicted molar refractivity (Wildman–Crippen MR) is 73.1 cm³/mol. The Kier molecular flexibility index (Phi) is 4.95. The van der Waals surface area contributed by atoms with Crippen LogP contribution in [0.15, 0.2) is 21.7 Å². The summed E-state index contributed by atoms with van der Waals surface area (Å²) in [7, 11) is 0. The maximum atomic E-state index is 11.7. The molecule has 1 rings (SSSR count). The van der Waals surface area contributed by atoms with Gasteiger partial charge >= 0.3 is 5.97 Å². The van der Waals surface area contributed by atoms with Gasteiger partial charge in [-0.15, -0.1) is 0 Å². The number of carbonyl (C=O) groups is 2. The number of hydrogen-bond acceptors (Lipinski definition) is 6. The molecule has 8 heteroatoms. The summed E-state index contributed by atoms with van der Waals surface area (Å²) in [6.07, 6.45) is 0. The zero-order valence-corrected chi connectivity index (χ0v) is 11.7. The molecule has 0 atom stereocenters. The van der Waals surface area contributed by atoms with Gasteiger partial charge in [-0.1, -0.05) is 6.07 Å². The van der Waals surface area contributed by atoms with E-state index in [1.165, 1.54) is 18.2 Å². The van der Waals surface area contributed by atoms with Gasteiger partial charge in [-0.05, 0) is 34.5 Å². The van der Waals surface area contributed by atoms with Crippen LogP contribution < -0.4 is 5.43 Å². The largest absolute Gasteiger partial charge is 0.475 e. The van der Waals surface area contributed by atoms with Gasteiger partial charge in [-0.3, -0.25) is 10.2 Å². The highest BCUT2D eigenvalue weighted by Gasteiger charge is 2.22. The van der Waals surface area contributed by atoms with Gasteiger partial charge in [0.15, 0.2) is 0 Å². The Balaban J connectivity index is 3.35. The summed E-state index contributed by atoms with van der Waals surface area (Å²) in [6.45, 7) is 1.69. The van der Waals surface area contributed by atoms with E-state index < -0.39 is 17.5 Å². The van der Waals surface area contributed by atoms with E-state index in [2.05, 4.69) is 26.5 Å². The number of aryl methyl sites for hydroxylation is 1. The van der Waals surface area contributed by atoms with Crippen LogP contribution in [0.3, 0.4) is 0 Å². The summed E-state index contributed by atoms with van der Waals surface area (Å²) in [4.78, 5) is 22.5. The second kappa shape index (κ2) is 6.45. The molecule has 0 radical (unpaired) electrons. The van der Waals surface area contributed by atoms with E-state index >= 15 is 0 Å². The van der Waals surface area contributed by atoms with Crippen molar-refractivity contribution < 1.29 is 14.7 Å². The topological polar surface area (TPSA) is 126 Å². The van der Waals surface area contributed by atoms with Crippen molar-refractivity contribution in [1.82, 2.24) is 0 Å². The van der Waals surface area contributed by atoms with Crippen molar-refractivity contribution in [3.8, 4) is 12.1 Å². The zero-order chi connectivity index (χ0) is 15.3. The van der Waals surface area contributed by atoms with Crippen LogP contribution >= 0.6 is 15.9 Å². The molecule has 0 aliphatic heterocycles.